The first kappa shape index (κ1) is 15.4. The molecule has 0 bridgehead atoms. The third-order valence-electron chi connectivity index (χ3n) is 3.91. The average molecular weight is 348 g/mol. The molecule has 0 radical (unpaired) electrons. The fourth-order valence-electron chi connectivity index (χ4n) is 2.70. The first-order chi connectivity index (χ1) is 12.2. The highest BCUT2D eigenvalue weighted by atomic mass is 35.5. The molecule has 122 valence electrons. The Morgan fingerprint density at radius 3 is 2.60 bits per heavy atom. The molecule has 0 aliphatic rings. The molecule has 4 rings (SSSR count). The predicted octanol–water partition coefficient (Wildman–Crippen LogP) is 5.14. The van der Waals surface area contributed by atoms with E-state index in [9.17, 15) is 4.79 Å². The summed E-state index contributed by atoms with van der Waals surface area (Å²) in [6.07, 6.45) is 0. The highest BCUT2D eigenvalue weighted by molar-refractivity contribution is 6.31. The van der Waals surface area contributed by atoms with Gasteiger partial charge in [-0.15, -0.1) is 0 Å². The Hall–Kier alpha value is -3.11. The van der Waals surface area contributed by atoms with Crippen molar-refractivity contribution in [3.05, 3.63) is 83.4 Å². The molecule has 4 aromatic rings. The van der Waals surface area contributed by atoms with Gasteiger partial charge in [-0.25, -0.2) is 4.98 Å². The maximum absolute atomic E-state index is 12.5. The Kier molecular flexibility index (Phi) is 3.96. The lowest BCUT2D eigenvalue weighted by Gasteiger charge is -2.09. The maximum Gasteiger partial charge on any atom is 0.255 e. The van der Waals surface area contributed by atoms with Crippen LogP contribution in [-0.2, 0) is 0 Å². The second kappa shape index (κ2) is 6.42. The Balaban J connectivity index is 1.70. The summed E-state index contributed by atoms with van der Waals surface area (Å²) < 4.78 is 0. The smallest absolute Gasteiger partial charge is 0.255 e. The minimum Gasteiger partial charge on any atom is -0.338 e. The molecule has 25 heavy (non-hydrogen) atoms. The van der Waals surface area contributed by atoms with Gasteiger partial charge in [0.2, 0.25) is 0 Å². The molecule has 1 aromatic heterocycles. The van der Waals surface area contributed by atoms with E-state index in [1.165, 1.54) is 0 Å². The third kappa shape index (κ3) is 3.12. The molecule has 5 heteroatoms. The number of H-pyrrole nitrogens is 1. The van der Waals surface area contributed by atoms with Crippen molar-refractivity contribution < 1.29 is 4.79 Å². The normalized spacial score (nSPS) is 10.8. The molecular formula is C20H14ClN3O. The largest absolute Gasteiger partial charge is 0.338 e. The van der Waals surface area contributed by atoms with Gasteiger partial charge >= 0.3 is 0 Å². The Morgan fingerprint density at radius 1 is 0.960 bits per heavy atom. The fraction of sp³-hybridized carbons (Fsp3) is 0. The van der Waals surface area contributed by atoms with Gasteiger partial charge in [-0.05, 0) is 42.5 Å². The van der Waals surface area contributed by atoms with Crippen LogP contribution >= 0.6 is 11.6 Å². The number of halogens is 1. The Bertz CT molecular complexity index is 1040. The molecule has 0 saturated carbocycles. The van der Waals surface area contributed by atoms with Gasteiger partial charge in [0.15, 0.2) is 0 Å². The van der Waals surface area contributed by atoms with Gasteiger partial charge < -0.3 is 10.3 Å². The van der Waals surface area contributed by atoms with Crippen LogP contribution in [0.1, 0.15) is 10.4 Å². The van der Waals surface area contributed by atoms with Crippen molar-refractivity contribution in [2.24, 2.45) is 0 Å². The van der Waals surface area contributed by atoms with E-state index in [1.54, 1.807) is 24.3 Å². The lowest BCUT2D eigenvalue weighted by molar-refractivity contribution is 0.102. The molecule has 0 atom stereocenters. The van der Waals surface area contributed by atoms with E-state index in [0.717, 1.165) is 16.6 Å². The maximum atomic E-state index is 12.5. The number of nitrogens with zero attached hydrogens (tertiary/aromatic N) is 1. The van der Waals surface area contributed by atoms with Crippen LogP contribution in [-0.4, -0.2) is 15.9 Å². The number of anilines is 1. The van der Waals surface area contributed by atoms with Gasteiger partial charge in [0.1, 0.15) is 5.82 Å². The molecule has 3 aromatic carbocycles. The summed E-state index contributed by atoms with van der Waals surface area (Å²) in [4.78, 5) is 20.4. The standard InChI is InChI=1S/C20H14ClN3O/c21-14-7-5-6-13(12-14)20(25)24-16-9-2-1-8-15(16)19-22-17-10-3-4-11-18(17)23-19/h1-12H,(H,22,23)(H,24,25). The van der Waals surface area contributed by atoms with E-state index >= 15 is 0 Å². The molecule has 0 fully saturated rings. The Labute approximate surface area is 149 Å². The van der Waals surface area contributed by atoms with Crippen molar-refractivity contribution in [1.29, 1.82) is 0 Å². The summed E-state index contributed by atoms with van der Waals surface area (Å²) in [6, 6.07) is 22.2. The van der Waals surface area contributed by atoms with Crippen molar-refractivity contribution in [2.45, 2.75) is 0 Å². The van der Waals surface area contributed by atoms with Crippen molar-refractivity contribution in [3.8, 4) is 11.4 Å². The van der Waals surface area contributed by atoms with E-state index in [0.29, 0.717) is 22.1 Å². The first-order valence-corrected chi connectivity index (χ1v) is 8.19. The molecule has 1 heterocycles. The topological polar surface area (TPSA) is 57.8 Å². The quantitative estimate of drug-likeness (QED) is 0.539. The minimum atomic E-state index is -0.217. The van der Waals surface area contributed by atoms with Crippen LogP contribution < -0.4 is 5.32 Å². The van der Waals surface area contributed by atoms with Crippen molar-refractivity contribution >= 4 is 34.2 Å². The summed E-state index contributed by atoms with van der Waals surface area (Å²) in [5.41, 5.74) is 3.86. The number of hydrogen-bond donors (Lipinski definition) is 2. The van der Waals surface area contributed by atoms with Gasteiger partial charge in [-0.3, -0.25) is 4.79 Å². The molecular weight excluding hydrogens is 334 g/mol. The number of amides is 1. The molecule has 0 spiro atoms. The fourth-order valence-corrected chi connectivity index (χ4v) is 2.89. The summed E-state index contributed by atoms with van der Waals surface area (Å²) in [5, 5.41) is 3.47. The number of rotatable bonds is 3. The molecule has 2 N–H and O–H groups in total. The number of carbonyl (C=O) groups excluding carboxylic acids is 1. The minimum absolute atomic E-state index is 0.217. The second-order valence-electron chi connectivity index (χ2n) is 5.61. The van der Waals surface area contributed by atoms with Gasteiger partial charge in [0.25, 0.3) is 5.91 Å². The molecule has 0 unspecified atom stereocenters. The lowest BCUT2D eigenvalue weighted by atomic mass is 10.1. The van der Waals surface area contributed by atoms with Crippen LogP contribution in [0.2, 0.25) is 5.02 Å². The average Bonchev–Trinajstić information content (AvgIpc) is 3.06. The van der Waals surface area contributed by atoms with E-state index in [4.69, 9.17) is 11.6 Å². The summed E-state index contributed by atoms with van der Waals surface area (Å²) in [6.45, 7) is 0. The summed E-state index contributed by atoms with van der Waals surface area (Å²) in [7, 11) is 0. The van der Waals surface area contributed by atoms with Crippen molar-refractivity contribution in [3.63, 3.8) is 0 Å². The van der Waals surface area contributed by atoms with E-state index in [2.05, 4.69) is 15.3 Å². The monoisotopic (exact) mass is 347 g/mol. The number of nitrogens with one attached hydrogen (secondary N) is 2. The van der Waals surface area contributed by atoms with E-state index in [-0.39, 0.29) is 5.91 Å². The molecule has 0 aliphatic heterocycles. The number of fused-ring (bicyclic) bond motifs is 1. The zero-order valence-electron chi connectivity index (χ0n) is 13.2. The number of aromatic amines is 1. The molecule has 0 saturated heterocycles. The van der Waals surface area contributed by atoms with Crippen LogP contribution in [0, 0.1) is 0 Å². The van der Waals surface area contributed by atoms with Crippen molar-refractivity contribution in [2.75, 3.05) is 5.32 Å². The number of benzene rings is 3. The highest BCUT2D eigenvalue weighted by Gasteiger charge is 2.13. The number of hydrogen-bond acceptors (Lipinski definition) is 2. The predicted molar refractivity (Wildman–Crippen MR) is 101 cm³/mol. The first-order valence-electron chi connectivity index (χ1n) is 7.82. The van der Waals surface area contributed by atoms with Gasteiger partial charge in [-0.1, -0.05) is 41.9 Å². The van der Waals surface area contributed by atoms with Gasteiger partial charge in [0.05, 0.1) is 16.7 Å². The van der Waals surface area contributed by atoms with E-state index < -0.39 is 0 Å². The number of carbonyl (C=O) groups is 1. The molecule has 0 aliphatic carbocycles. The Morgan fingerprint density at radius 2 is 1.76 bits per heavy atom. The lowest BCUT2D eigenvalue weighted by Crippen LogP contribution is -2.12. The zero-order valence-corrected chi connectivity index (χ0v) is 13.9. The van der Waals surface area contributed by atoms with Crippen LogP contribution in [0.15, 0.2) is 72.8 Å². The van der Waals surface area contributed by atoms with Crippen LogP contribution in [0.4, 0.5) is 5.69 Å². The third-order valence-corrected chi connectivity index (χ3v) is 4.14. The molecule has 4 nitrogen and oxygen atoms in total. The van der Waals surface area contributed by atoms with Gasteiger partial charge in [0, 0.05) is 16.1 Å². The van der Waals surface area contributed by atoms with Crippen molar-refractivity contribution in [1.82, 2.24) is 9.97 Å². The van der Waals surface area contributed by atoms with E-state index in [1.807, 2.05) is 48.5 Å². The number of aromatic nitrogens is 2. The highest BCUT2D eigenvalue weighted by Crippen LogP contribution is 2.28. The van der Waals surface area contributed by atoms with Crippen LogP contribution in [0.3, 0.4) is 0 Å². The number of para-hydroxylation sites is 3. The second-order valence-corrected chi connectivity index (χ2v) is 6.05. The molecule has 1 amide bonds. The van der Waals surface area contributed by atoms with Gasteiger partial charge in [-0.2, -0.15) is 0 Å². The number of imidazole rings is 1. The summed E-state index contributed by atoms with van der Waals surface area (Å²) >= 11 is 5.97. The summed E-state index contributed by atoms with van der Waals surface area (Å²) in [5.74, 6) is 0.495. The van der Waals surface area contributed by atoms with Crippen LogP contribution in [0.5, 0.6) is 0 Å². The van der Waals surface area contributed by atoms with Crippen LogP contribution in [0.25, 0.3) is 22.4 Å². The SMILES string of the molecule is O=C(Nc1ccccc1-c1nc2ccccc2[nH]1)c1cccc(Cl)c1. The zero-order chi connectivity index (χ0) is 17.2.